The van der Waals surface area contributed by atoms with Crippen molar-refractivity contribution in [3.63, 3.8) is 0 Å². The van der Waals surface area contributed by atoms with E-state index >= 15 is 0 Å². The Labute approximate surface area is 221 Å². The first-order chi connectivity index (χ1) is 16.7. The topological polar surface area (TPSA) is 75.7 Å². The van der Waals surface area contributed by atoms with E-state index in [-0.39, 0.29) is 39.2 Å². The minimum absolute atomic E-state index is 0.0732. The number of aryl methyl sites for hydroxylation is 1. The number of hydrogen-bond acceptors (Lipinski definition) is 4. The summed E-state index contributed by atoms with van der Waals surface area (Å²) in [5, 5.41) is 3.46. The van der Waals surface area contributed by atoms with Gasteiger partial charge >= 0.3 is 6.03 Å². The normalized spacial score (nSPS) is 14.9. The Morgan fingerprint density at radius 2 is 1.66 bits per heavy atom. The van der Waals surface area contributed by atoms with Crippen LogP contribution in [-0.2, 0) is 16.2 Å². The van der Waals surface area contributed by atoms with E-state index < -0.39 is 17.8 Å². The predicted molar refractivity (Wildman–Crippen MR) is 137 cm³/mol. The van der Waals surface area contributed by atoms with Crippen molar-refractivity contribution in [2.24, 2.45) is 0 Å². The van der Waals surface area contributed by atoms with Crippen LogP contribution in [0.3, 0.4) is 0 Å². The Morgan fingerprint density at radius 1 is 0.914 bits per heavy atom. The zero-order chi connectivity index (χ0) is 25.3. The van der Waals surface area contributed by atoms with Crippen molar-refractivity contribution in [1.82, 2.24) is 5.32 Å². The average molecular weight is 550 g/mol. The molecule has 4 amide bonds. The molecule has 4 rings (SSSR count). The van der Waals surface area contributed by atoms with Gasteiger partial charge in [-0.05, 0) is 48.9 Å². The molecular formula is C25H16Cl4N2O4. The van der Waals surface area contributed by atoms with Gasteiger partial charge in [-0.3, -0.25) is 14.9 Å². The Morgan fingerprint density at radius 3 is 2.37 bits per heavy atom. The third-order valence-electron chi connectivity index (χ3n) is 5.18. The van der Waals surface area contributed by atoms with E-state index in [1.807, 2.05) is 6.07 Å². The van der Waals surface area contributed by atoms with E-state index in [1.165, 1.54) is 24.3 Å². The lowest BCUT2D eigenvalue weighted by Crippen LogP contribution is -2.54. The summed E-state index contributed by atoms with van der Waals surface area (Å²) in [6, 6.07) is 13.9. The zero-order valence-corrected chi connectivity index (χ0v) is 21.1. The maximum atomic E-state index is 13.3. The molecule has 0 spiro atoms. The summed E-state index contributed by atoms with van der Waals surface area (Å²) in [6.45, 7) is 1.86. The number of nitrogens with one attached hydrogen (secondary N) is 1. The van der Waals surface area contributed by atoms with Crippen LogP contribution in [0.2, 0.25) is 20.1 Å². The molecule has 6 nitrogen and oxygen atoms in total. The Bertz CT molecular complexity index is 1400. The number of rotatable bonds is 5. The highest BCUT2D eigenvalue weighted by atomic mass is 35.5. The SMILES string of the molecule is Cc1ccc(N2C(=O)NC(=O)/C(=C\c3cc(Cl)cc(Cl)c3OCc3ccccc3Cl)C2=O)cc1Cl. The lowest BCUT2D eigenvalue weighted by molar-refractivity contribution is -0.122. The predicted octanol–water partition coefficient (Wildman–Crippen LogP) is 6.85. The number of hydrogen-bond donors (Lipinski definition) is 1. The number of carbonyl (C=O) groups is 3. The number of barbiturate groups is 1. The van der Waals surface area contributed by atoms with Crippen molar-refractivity contribution in [2.45, 2.75) is 13.5 Å². The van der Waals surface area contributed by atoms with Gasteiger partial charge in [-0.25, -0.2) is 9.69 Å². The van der Waals surface area contributed by atoms with Gasteiger partial charge in [0.05, 0.1) is 10.7 Å². The maximum absolute atomic E-state index is 13.3. The lowest BCUT2D eigenvalue weighted by Gasteiger charge is -2.26. The van der Waals surface area contributed by atoms with E-state index in [1.54, 1.807) is 37.3 Å². The molecule has 0 saturated carbocycles. The van der Waals surface area contributed by atoms with E-state index in [0.717, 1.165) is 10.5 Å². The monoisotopic (exact) mass is 548 g/mol. The molecule has 1 heterocycles. The third kappa shape index (κ3) is 5.31. The number of benzene rings is 3. The van der Waals surface area contributed by atoms with Crippen molar-refractivity contribution < 1.29 is 19.1 Å². The molecule has 0 bridgehead atoms. The molecule has 0 aromatic heterocycles. The van der Waals surface area contributed by atoms with Crippen LogP contribution in [0.15, 0.2) is 60.2 Å². The molecule has 0 radical (unpaired) electrons. The standard InChI is InChI=1S/C25H16Cl4N2O4/c1-13-6-7-17(11-20(13)28)31-24(33)18(23(32)30-25(31)34)9-15-8-16(26)10-21(29)22(15)35-12-14-4-2-3-5-19(14)27/h2-11H,12H2,1H3,(H,30,32,34)/b18-9+. The van der Waals surface area contributed by atoms with Gasteiger partial charge in [0.1, 0.15) is 17.9 Å². The summed E-state index contributed by atoms with van der Waals surface area (Å²) >= 11 is 24.9. The second-order valence-corrected chi connectivity index (χ2v) is 9.24. The molecule has 178 valence electrons. The number of imide groups is 2. The molecule has 0 atom stereocenters. The maximum Gasteiger partial charge on any atom is 0.335 e. The largest absolute Gasteiger partial charge is 0.487 e. The highest BCUT2D eigenvalue weighted by Crippen LogP contribution is 2.36. The highest BCUT2D eigenvalue weighted by Gasteiger charge is 2.37. The second kappa shape index (κ2) is 10.3. The van der Waals surface area contributed by atoms with Crippen molar-refractivity contribution in [3.05, 3.63) is 97.0 Å². The van der Waals surface area contributed by atoms with Crippen LogP contribution in [0.1, 0.15) is 16.7 Å². The van der Waals surface area contributed by atoms with E-state index in [9.17, 15) is 14.4 Å². The minimum Gasteiger partial charge on any atom is -0.487 e. The molecule has 35 heavy (non-hydrogen) atoms. The minimum atomic E-state index is -0.892. The first kappa shape index (κ1) is 25.1. The molecule has 3 aromatic rings. The van der Waals surface area contributed by atoms with E-state index in [4.69, 9.17) is 51.1 Å². The smallest absolute Gasteiger partial charge is 0.335 e. The van der Waals surface area contributed by atoms with E-state index in [0.29, 0.717) is 15.6 Å². The highest BCUT2D eigenvalue weighted by molar-refractivity contribution is 6.40. The summed E-state index contributed by atoms with van der Waals surface area (Å²) < 4.78 is 5.90. The van der Waals surface area contributed by atoms with Crippen LogP contribution in [0.4, 0.5) is 10.5 Å². The first-order valence-corrected chi connectivity index (χ1v) is 11.7. The molecule has 1 aliphatic rings. The van der Waals surface area contributed by atoms with Gasteiger partial charge in [0.2, 0.25) is 0 Å². The van der Waals surface area contributed by atoms with Crippen LogP contribution in [0.5, 0.6) is 5.75 Å². The van der Waals surface area contributed by atoms with Gasteiger partial charge in [-0.15, -0.1) is 0 Å². The van der Waals surface area contributed by atoms with Crippen LogP contribution >= 0.6 is 46.4 Å². The van der Waals surface area contributed by atoms with Crippen molar-refractivity contribution >= 4 is 76.0 Å². The fourth-order valence-electron chi connectivity index (χ4n) is 3.37. The number of urea groups is 1. The first-order valence-electron chi connectivity index (χ1n) is 10.2. The average Bonchev–Trinajstić information content (AvgIpc) is 2.79. The van der Waals surface area contributed by atoms with Gasteiger partial charge in [0.15, 0.2) is 0 Å². The quantitative estimate of drug-likeness (QED) is 0.279. The van der Waals surface area contributed by atoms with Gasteiger partial charge < -0.3 is 4.74 Å². The van der Waals surface area contributed by atoms with Crippen LogP contribution < -0.4 is 15.0 Å². The van der Waals surface area contributed by atoms with E-state index in [2.05, 4.69) is 5.32 Å². The zero-order valence-electron chi connectivity index (χ0n) is 18.1. The molecule has 1 fully saturated rings. The summed E-state index contributed by atoms with van der Waals surface area (Å²) in [7, 11) is 0. The van der Waals surface area contributed by atoms with Gasteiger partial charge in [-0.1, -0.05) is 70.7 Å². The molecule has 3 aromatic carbocycles. The summed E-state index contributed by atoms with van der Waals surface area (Å²) in [5.74, 6) is -1.53. The second-order valence-electron chi connectivity index (χ2n) is 7.58. The molecular weight excluding hydrogens is 534 g/mol. The summed E-state index contributed by atoms with van der Waals surface area (Å²) in [5.41, 5.74) is 1.63. The van der Waals surface area contributed by atoms with Gasteiger partial charge in [-0.2, -0.15) is 0 Å². The molecule has 1 saturated heterocycles. The lowest BCUT2D eigenvalue weighted by atomic mass is 10.1. The number of ether oxygens (including phenoxy) is 1. The van der Waals surface area contributed by atoms with Crippen LogP contribution in [0, 0.1) is 6.92 Å². The Balaban J connectivity index is 1.73. The Kier molecular flexibility index (Phi) is 7.38. The van der Waals surface area contributed by atoms with Gasteiger partial charge in [0, 0.05) is 26.2 Å². The van der Waals surface area contributed by atoms with Crippen molar-refractivity contribution in [1.29, 1.82) is 0 Å². The number of anilines is 1. The number of nitrogens with zero attached hydrogens (tertiary/aromatic N) is 1. The Hall–Kier alpha value is -3.03. The van der Waals surface area contributed by atoms with Crippen LogP contribution in [-0.4, -0.2) is 17.8 Å². The van der Waals surface area contributed by atoms with Crippen molar-refractivity contribution in [2.75, 3.05) is 4.90 Å². The third-order valence-corrected chi connectivity index (χ3v) is 6.46. The summed E-state index contributed by atoms with van der Waals surface area (Å²) in [4.78, 5) is 39.2. The number of amides is 4. The molecule has 1 N–H and O–H groups in total. The summed E-state index contributed by atoms with van der Waals surface area (Å²) in [6.07, 6.45) is 1.27. The molecule has 1 aliphatic heterocycles. The molecule has 0 unspecified atom stereocenters. The number of halogens is 4. The molecule has 10 heteroatoms. The van der Waals surface area contributed by atoms with Gasteiger partial charge in [0.25, 0.3) is 11.8 Å². The fourth-order valence-corrected chi connectivity index (χ4v) is 4.30. The number of carbonyl (C=O) groups excluding carboxylic acids is 3. The molecule has 0 aliphatic carbocycles. The van der Waals surface area contributed by atoms with Crippen molar-refractivity contribution in [3.8, 4) is 5.75 Å². The van der Waals surface area contributed by atoms with Crippen LogP contribution in [0.25, 0.3) is 6.08 Å². The fraction of sp³-hybridized carbons (Fsp3) is 0.0800.